The number of hydrogen-bond donors (Lipinski definition) is 1. The Hall–Kier alpha value is -3.28. The summed E-state index contributed by atoms with van der Waals surface area (Å²) in [5.41, 5.74) is 5.01. The van der Waals surface area contributed by atoms with E-state index < -0.39 is 0 Å². The number of ether oxygens (including phenoxy) is 1. The second-order valence-electron chi connectivity index (χ2n) is 9.43. The van der Waals surface area contributed by atoms with E-state index in [1.54, 1.807) is 0 Å². The summed E-state index contributed by atoms with van der Waals surface area (Å²) in [5, 5.41) is 8.85. The molecular formula is C29H27Cl2N3O2. The molecule has 0 saturated carbocycles. The molecule has 0 aliphatic carbocycles. The van der Waals surface area contributed by atoms with Crippen LogP contribution >= 0.6 is 23.2 Å². The Morgan fingerprint density at radius 2 is 1.58 bits per heavy atom. The zero-order valence-corrected chi connectivity index (χ0v) is 21.7. The zero-order valence-electron chi connectivity index (χ0n) is 20.2. The van der Waals surface area contributed by atoms with Crippen LogP contribution in [-0.4, -0.2) is 27.6 Å². The molecule has 5 nitrogen and oxygen atoms in total. The van der Waals surface area contributed by atoms with Gasteiger partial charge in [0, 0.05) is 27.7 Å². The van der Waals surface area contributed by atoms with Crippen LogP contribution in [0.4, 0.5) is 0 Å². The quantitative estimate of drug-likeness (QED) is 0.261. The molecule has 2 heterocycles. The Balaban J connectivity index is 1.52. The van der Waals surface area contributed by atoms with Gasteiger partial charge in [-0.15, -0.1) is 0 Å². The highest BCUT2D eigenvalue weighted by atomic mass is 35.5. The van der Waals surface area contributed by atoms with E-state index in [1.807, 2.05) is 77.7 Å². The molecule has 1 aromatic heterocycles. The lowest BCUT2D eigenvalue weighted by molar-refractivity contribution is 0.0730. The number of nitrogens with zero attached hydrogens (tertiary/aromatic N) is 2. The van der Waals surface area contributed by atoms with Crippen LogP contribution < -0.4 is 4.74 Å². The Bertz CT molecular complexity index is 1350. The van der Waals surface area contributed by atoms with Gasteiger partial charge in [-0.25, -0.2) is 0 Å². The molecule has 1 unspecified atom stereocenters. The van der Waals surface area contributed by atoms with Crippen molar-refractivity contribution < 1.29 is 9.53 Å². The smallest absolute Gasteiger partial charge is 0.273 e. The van der Waals surface area contributed by atoms with Crippen molar-refractivity contribution in [2.75, 3.05) is 6.61 Å². The number of hydrogen-bond acceptors (Lipinski definition) is 3. The first kappa shape index (κ1) is 24.4. The maximum absolute atomic E-state index is 13.6. The predicted molar refractivity (Wildman–Crippen MR) is 144 cm³/mol. The minimum Gasteiger partial charge on any atom is -0.494 e. The third-order valence-corrected chi connectivity index (χ3v) is 6.91. The number of aromatic amines is 1. The molecule has 1 atom stereocenters. The van der Waals surface area contributed by atoms with Crippen LogP contribution in [0.1, 0.15) is 53.5 Å². The summed E-state index contributed by atoms with van der Waals surface area (Å²) in [5.74, 6) is 1.31. The fourth-order valence-electron chi connectivity index (χ4n) is 4.48. The van der Waals surface area contributed by atoms with Gasteiger partial charge in [-0.2, -0.15) is 5.10 Å². The van der Waals surface area contributed by atoms with E-state index in [1.165, 1.54) is 0 Å². The second-order valence-corrected chi connectivity index (χ2v) is 10.3. The number of aromatic nitrogens is 2. The van der Waals surface area contributed by atoms with E-state index in [-0.39, 0.29) is 11.9 Å². The number of amides is 1. The van der Waals surface area contributed by atoms with Crippen LogP contribution in [-0.2, 0) is 6.54 Å². The normalized spacial score (nSPS) is 15.0. The summed E-state index contributed by atoms with van der Waals surface area (Å²) >= 11 is 12.2. The number of H-pyrrole nitrogens is 1. The molecule has 0 spiro atoms. The summed E-state index contributed by atoms with van der Waals surface area (Å²) in [6.07, 6.45) is 0.997. The van der Waals surface area contributed by atoms with E-state index >= 15 is 0 Å². The second kappa shape index (κ2) is 10.4. The van der Waals surface area contributed by atoms with Gasteiger partial charge in [0.25, 0.3) is 5.91 Å². The van der Waals surface area contributed by atoms with Gasteiger partial charge in [0.05, 0.1) is 18.3 Å². The van der Waals surface area contributed by atoms with Crippen molar-refractivity contribution in [2.45, 2.75) is 32.9 Å². The first-order chi connectivity index (χ1) is 17.4. The van der Waals surface area contributed by atoms with Gasteiger partial charge in [-0.05, 0) is 59.9 Å². The fourth-order valence-corrected chi connectivity index (χ4v) is 4.73. The Morgan fingerprint density at radius 1 is 0.944 bits per heavy atom. The first-order valence-corrected chi connectivity index (χ1v) is 12.8. The van der Waals surface area contributed by atoms with Crippen LogP contribution in [0.5, 0.6) is 5.75 Å². The number of rotatable bonds is 8. The SMILES string of the molecule is CC(C)CCOc1ccc(C2c3c(-c4ccc(Cl)cc4)n[nH]c3C(=O)N2Cc2ccc(Cl)cc2)cc1. The molecule has 184 valence electrons. The summed E-state index contributed by atoms with van der Waals surface area (Å²) in [7, 11) is 0. The van der Waals surface area contributed by atoms with Crippen molar-refractivity contribution in [3.8, 4) is 17.0 Å². The van der Waals surface area contributed by atoms with Gasteiger partial charge in [0.1, 0.15) is 11.4 Å². The molecule has 0 bridgehead atoms. The Morgan fingerprint density at radius 3 is 2.22 bits per heavy atom. The first-order valence-electron chi connectivity index (χ1n) is 12.0. The van der Waals surface area contributed by atoms with Gasteiger partial charge in [0.2, 0.25) is 0 Å². The highest BCUT2D eigenvalue weighted by molar-refractivity contribution is 6.30. The lowest BCUT2D eigenvalue weighted by Gasteiger charge is -2.27. The average Bonchev–Trinajstić information content (AvgIpc) is 3.40. The number of fused-ring (bicyclic) bond motifs is 1. The van der Waals surface area contributed by atoms with Gasteiger partial charge in [-0.1, -0.05) is 73.4 Å². The van der Waals surface area contributed by atoms with Crippen molar-refractivity contribution in [3.63, 3.8) is 0 Å². The minimum absolute atomic E-state index is 0.0880. The molecule has 1 aliphatic rings. The monoisotopic (exact) mass is 519 g/mol. The van der Waals surface area contributed by atoms with E-state index in [4.69, 9.17) is 27.9 Å². The molecule has 0 fully saturated rings. The standard InChI is InChI=1S/C29H27Cl2N3O2/c1-18(2)15-16-36-24-13-7-21(8-14-24)28-25-26(20-5-11-23(31)12-6-20)32-33-27(25)29(35)34(28)17-19-3-9-22(30)10-4-19/h3-14,18,28H,15-17H2,1-2H3,(H,32,33). The highest BCUT2D eigenvalue weighted by Crippen LogP contribution is 2.44. The third-order valence-electron chi connectivity index (χ3n) is 6.41. The van der Waals surface area contributed by atoms with E-state index in [2.05, 4.69) is 24.0 Å². The van der Waals surface area contributed by atoms with E-state index in [0.29, 0.717) is 34.8 Å². The van der Waals surface area contributed by atoms with E-state index in [9.17, 15) is 4.79 Å². The summed E-state index contributed by atoms with van der Waals surface area (Å²) < 4.78 is 5.92. The molecule has 3 aromatic carbocycles. The number of halogens is 2. The lowest BCUT2D eigenvalue weighted by Crippen LogP contribution is -2.29. The molecule has 1 aliphatic heterocycles. The molecule has 36 heavy (non-hydrogen) atoms. The molecule has 4 aromatic rings. The Kier molecular flexibility index (Phi) is 7.04. The van der Waals surface area contributed by atoms with Crippen LogP contribution in [0.25, 0.3) is 11.3 Å². The van der Waals surface area contributed by atoms with E-state index in [0.717, 1.165) is 40.1 Å². The van der Waals surface area contributed by atoms with Crippen molar-refractivity contribution in [1.82, 2.24) is 15.1 Å². The molecule has 7 heteroatoms. The van der Waals surface area contributed by atoms with Crippen LogP contribution in [0.2, 0.25) is 10.0 Å². The molecule has 1 N–H and O–H groups in total. The molecule has 0 saturated heterocycles. The van der Waals surface area contributed by atoms with Crippen molar-refractivity contribution >= 4 is 29.1 Å². The van der Waals surface area contributed by atoms with Gasteiger partial charge in [0.15, 0.2) is 0 Å². The Labute approximate surface area is 221 Å². The lowest BCUT2D eigenvalue weighted by atomic mass is 9.96. The van der Waals surface area contributed by atoms with Crippen LogP contribution in [0.15, 0.2) is 72.8 Å². The highest BCUT2D eigenvalue weighted by Gasteiger charge is 2.42. The van der Waals surface area contributed by atoms with Gasteiger partial charge < -0.3 is 9.64 Å². The minimum atomic E-state index is -0.308. The third kappa shape index (κ3) is 4.99. The summed E-state index contributed by atoms with van der Waals surface area (Å²) in [6, 6.07) is 22.8. The number of nitrogens with one attached hydrogen (secondary N) is 1. The van der Waals surface area contributed by atoms with Crippen LogP contribution in [0, 0.1) is 5.92 Å². The van der Waals surface area contributed by atoms with Gasteiger partial charge in [-0.3, -0.25) is 9.89 Å². The van der Waals surface area contributed by atoms with Crippen LogP contribution in [0.3, 0.4) is 0 Å². The largest absolute Gasteiger partial charge is 0.494 e. The topological polar surface area (TPSA) is 58.2 Å². The summed E-state index contributed by atoms with van der Waals surface area (Å²) in [4.78, 5) is 15.5. The zero-order chi connectivity index (χ0) is 25.2. The molecule has 1 amide bonds. The van der Waals surface area contributed by atoms with Crippen molar-refractivity contribution in [3.05, 3.63) is 105 Å². The fraction of sp³-hybridized carbons (Fsp3) is 0.241. The maximum atomic E-state index is 13.6. The van der Waals surface area contributed by atoms with Crippen molar-refractivity contribution in [2.24, 2.45) is 5.92 Å². The predicted octanol–water partition coefficient (Wildman–Crippen LogP) is 7.55. The average molecular weight is 520 g/mol. The molecule has 0 radical (unpaired) electrons. The maximum Gasteiger partial charge on any atom is 0.273 e. The number of carbonyl (C=O) groups excluding carboxylic acids is 1. The number of carbonyl (C=O) groups is 1. The van der Waals surface area contributed by atoms with Crippen molar-refractivity contribution in [1.29, 1.82) is 0 Å². The van der Waals surface area contributed by atoms with Gasteiger partial charge >= 0.3 is 0 Å². The molecule has 5 rings (SSSR count). The summed E-state index contributed by atoms with van der Waals surface area (Å²) in [6.45, 7) is 5.48. The molecular weight excluding hydrogens is 493 g/mol. The number of benzene rings is 3.